The van der Waals surface area contributed by atoms with E-state index in [2.05, 4.69) is 17.2 Å². The van der Waals surface area contributed by atoms with Crippen LogP contribution >= 0.6 is 23.4 Å². The number of ether oxygens (including phenoxy) is 2. The molecule has 0 saturated heterocycles. The molecule has 1 aromatic carbocycles. The van der Waals surface area contributed by atoms with E-state index in [1.165, 1.54) is 0 Å². The maximum atomic E-state index is 6.16. The molecule has 1 unspecified atom stereocenters. The zero-order chi connectivity index (χ0) is 14.5. The Hall–Kier alpha value is -1.07. The summed E-state index contributed by atoms with van der Waals surface area (Å²) < 4.78 is 10.6. The Labute approximate surface area is 128 Å². The first-order valence-electron chi connectivity index (χ1n) is 6.57. The first-order chi connectivity index (χ1) is 9.67. The second-order valence-corrected chi connectivity index (χ2v) is 5.94. The number of nitrogens with zero attached hydrogens (tertiary/aromatic N) is 1. The number of hydrogen-bond donors (Lipinski definition) is 1. The third-order valence-electron chi connectivity index (χ3n) is 3.18. The number of halogens is 1. The second-order valence-electron chi connectivity index (χ2n) is 4.45. The van der Waals surface area contributed by atoms with E-state index in [0.717, 1.165) is 29.4 Å². The summed E-state index contributed by atoms with van der Waals surface area (Å²) in [6, 6.07) is 3.98. The number of methoxy groups -OCH3 is 2. The zero-order valence-electron chi connectivity index (χ0n) is 11.9. The molecule has 1 aromatic rings. The highest BCUT2D eigenvalue weighted by Crippen LogP contribution is 2.36. The van der Waals surface area contributed by atoms with Crippen molar-refractivity contribution in [3.05, 3.63) is 17.2 Å². The van der Waals surface area contributed by atoms with Gasteiger partial charge in [0, 0.05) is 11.8 Å². The smallest absolute Gasteiger partial charge is 0.161 e. The summed E-state index contributed by atoms with van der Waals surface area (Å²) >= 11 is 7.89. The number of hydrogen-bond acceptors (Lipinski definition) is 5. The molecule has 2 rings (SSSR count). The SMILES string of the molecule is CCC1CCSC(Nc2cc(Cl)c(OC)cc2OC)=N1. The Morgan fingerprint density at radius 3 is 2.75 bits per heavy atom. The molecule has 1 heterocycles. The Balaban J connectivity index is 2.24. The minimum absolute atomic E-state index is 0.401. The fraction of sp³-hybridized carbons (Fsp3) is 0.500. The maximum absolute atomic E-state index is 6.16. The highest BCUT2D eigenvalue weighted by molar-refractivity contribution is 8.14. The van der Waals surface area contributed by atoms with Crippen molar-refractivity contribution in [2.75, 3.05) is 25.3 Å². The Bertz CT molecular complexity index is 508. The van der Waals surface area contributed by atoms with Gasteiger partial charge in [0.2, 0.25) is 0 Å². The summed E-state index contributed by atoms with van der Waals surface area (Å²) in [7, 11) is 3.21. The Morgan fingerprint density at radius 2 is 2.10 bits per heavy atom. The van der Waals surface area contributed by atoms with Crippen molar-refractivity contribution in [2.24, 2.45) is 4.99 Å². The lowest BCUT2D eigenvalue weighted by molar-refractivity contribution is 0.396. The molecule has 0 radical (unpaired) electrons. The molecule has 0 aliphatic carbocycles. The molecule has 1 aliphatic rings. The quantitative estimate of drug-likeness (QED) is 0.910. The summed E-state index contributed by atoms with van der Waals surface area (Å²) in [5.41, 5.74) is 0.807. The molecule has 0 bridgehead atoms. The fourth-order valence-corrected chi connectivity index (χ4v) is 3.23. The van der Waals surface area contributed by atoms with Crippen LogP contribution in [-0.2, 0) is 0 Å². The van der Waals surface area contributed by atoms with Crippen LogP contribution in [0.25, 0.3) is 0 Å². The number of benzene rings is 1. The van der Waals surface area contributed by atoms with Gasteiger partial charge < -0.3 is 14.8 Å². The fourth-order valence-electron chi connectivity index (χ4n) is 2.00. The number of thioether (sulfide) groups is 1. The molecule has 0 amide bonds. The predicted molar refractivity (Wildman–Crippen MR) is 86.8 cm³/mol. The van der Waals surface area contributed by atoms with Crippen LogP contribution < -0.4 is 14.8 Å². The second kappa shape index (κ2) is 7.09. The van der Waals surface area contributed by atoms with Crippen molar-refractivity contribution in [3.63, 3.8) is 0 Å². The van der Waals surface area contributed by atoms with Crippen molar-refractivity contribution in [2.45, 2.75) is 25.8 Å². The molecule has 4 nitrogen and oxygen atoms in total. The molecule has 6 heteroatoms. The monoisotopic (exact) mass is 314 g/mol. The van der Waals surface area contributed by atoms with Crippen LogP contribution in [-0.4, -0.2) is 31.2 Å². The van der Waals surface area contributed by atoms with E-state index in [1.54, 1.807) is 38.1 Å². The molecule has 0 spiro atoms. The summed E-state index contributed by atoms with van der Waals surface area (Å²) in [5.74, 6) is 2.36. The minimum Gasteiger partial charge on any atom is -0.495 e. The molecule has 0 aromatic heterocycles. The van der Waals surface area contributed by atoms with Gasteiger partial charge >= 0.3 is 0 Å². The van der Waals surface area contributed by atoms with Crippen LogP contribution in [0.5, 0.6) is 11.5 Å². The van der Waals surface area contributed by atoms with Gasteiger partial charge in [-0.2, -0.15) is 0 Å². The standard InChI is InChI=1S/C14H19ClN2O2S/c1-4-9-5-6-20-14(16-9)17-11-7-10(15)12(18-2)8-13(11)19-3/h7-9H,4-6H2,1-3H3,(H,16,17). The van der Waals surface area contributed by atoms with Crippen molar-refractivity contribution < 1.29 is 9.47 Å². The molecule has 1 N–H and O–H groups in total. The maximum Gasteiger partial charge on any atom is 0.161 e. The van der Waals surface area contributed by atoms with E-state index >= 15 is 0 Å². The van der Waals surface area contributed by atoms with Crippen LogP contribution in [0.3, 0.4) is 0 Å². The highest BCUT2D eigenvalue weighted by atomic mass is 35.5. The van der Waals surface area contributed by atoms with Gasteiger partial charge in [0.15, 0.2) is 5.17 Å². The van der Waals surface area contributed by atoms with E-state index in [1.807, 2.05) is 0 Å². The topological polar surface area (TPSA) is 42.8 Å². The highest BCUT2D eigenvalue weighted by Gasteiger charge is 2.16. The Kier molecular flexibility index (Phi) is 5.43. The first kappa shape index (κ1) is 15.3. The summed E-state index contributed by atoms with van der Waals surface area (Å²) in [6.45, 7) is 2.16. The molecular weight excluding hydrogens is 296 g/mol. The van der Waals surface area contributed by atoms with Crippen LogP contribution in [0.4, 0.5) is 5.69 Å². The van der Waals surface area contributed by atoms with E-state index < -0.39 is 0 Å². The van der Waals surface area contributed by atoms with Crippen molar-refractivity contribution in [1.29, 1.82) is 0 Å². The molecular formula is C14H19ClN2O2S. The van der Waals surface area contributed by atoms with Gasteiger partial charge in [-0.1, -0.05) is 30.3 Å². The average molecular weight is 315 g/mol. The number of amidine groups is 1. The zero-order valence-corrected chi connectivity index (χ0v) is 13.5. The largest absolute Gasteiger partial charge is 0.495 e. The number of rotatable bonds is 4. The average Bonchev–Trinajstić information content (AvgIpc) is 2.48. The lowest BCUT2D eigenvalue weighted by atomic mass is 10.2. The molecule has 20 heavy (non-hydrogen) atoms. The van der Waals surface area contributed by atoms with Gasteiger partial charge in [0.25, 0.3) is 0 Å². The van der Waals surface area contributed by atoms with Crippen LogP contribution in [0.1, 0.15) is 19.8 Å². The van der Waals surface area contributed by atoms with E-state index in [0.29, 0.717) is 22.6 Å². The van der Waals surface area contributed by atoms with Gasteiger partial charge in [-0.15, -0.1) is 0 Å². The summed E-state index contributed by atoms with van der Waals surface area (Å²) in [5, 5.41) is 4.77. The third kappa shape index (κ3) is 3.52. The van der Waals surface area contributed by atoms with E-state index in [9.17, 15) is 0 Å². The minimum atomic E-state index is 0.401. The van der Waals surface area contributed by atoms with Gasteiger partial charge in [-0.05, 0) is 18.9 Å². The Morgan fingerprint density at radius 1 is 1.35 bits per heavy atom. The summed E-state index contributed by atoms with van der Waals surface area (Å²) in [6.07, 6.45) is 2.19. The van der Waals surface area contributed by atoms with Crippen molar-refractivity contribution >= 4 is 34.2 Å². The predicted octanol–water partition coefficient (Wildman–Crippen LogP) is 4.04. The molecule has 0 fully saturated rings. The lowest BCUT2D eigenvalue weighted by Gasteiger charge is -2.21. The molecule has 1 aliphatic heterocycles. The third-order valence-corrected chi connectivity index (χ3v) is 4.39. The van der Waals surface area contributed by atoms with Crippen molar-refractivity contribution in [1.82, 2.24) is 0 Å². The van der Waals surface area contributed by atoms with Crippen LogP contribution in [0, 0.1) is 0 Å². The van der Waals surface area contributed by atoms with Gasteiger partial charge in [0.05, 0.1) is 31.0 Å². The van der Waals surface area contributed by atoms with E-state index in [-0.39, 0.29) is 0 Å². The number of anilines is 1. The first-order valence-corrected chi connectivity index (χ1v) is 7.93. The van der Waals surface area contributed by atoms with E-state index in [4.69, 9.17) is 21.1 Å². The summed E-state index contributed by atoms with van der Waals surface area (Å²) in [4.78, 5) is 4.68. The normalized spacial score (nSPS) is 18.4. The van der Waals surface area contributed by atoms with Gasteiger partial charge in [-0.3, -0.25) is 4.99 Å². The van der Waals surface area contributed by atoms with Gasteiger partial charge in [0.1, 0.15) is 11.5 Å². The van der Waals surface area contributed by atoms with Gasteiger partial charge in [-0.25, -0.2) is 0 Å². The molecule has 1 atom stereocenters. The van der Waals surface area contributed by atoms with Crippen LogP contribution in [0.15, 0.2) is 17.1 Å². The molecule has 110 valence electrons. The van der Waals surface area contributed by atoms with Crippen molar-refractivity contribution in [3.8, 4) is 11.5 Å². The number of nitrogens with one attached hydrogen (secondary N) is 1. The lowest BCUT2D eigenvalue weighted by Crippen LogP contribution is -2.19. The van der Waals surface area contributed by atoms with Crippen LogP contribution in [0.2, 0.25) is 5.02 Å². The molecule has 0 saturated carbocycles. The number of aliphatic imine (C=N–C) groups is 1.